The Morgan fingerprint density at radius 1 is 1.19 bits per heavy atom. The normalized spacial score (nSPS) is 14.7. The quantitative estimate of drug-likeness (QED) is 0.283. The summed E-state index contributed by atoms with van der Waals surface area (Å²) in [6.07, 6.45) is 1.51. The minimum absolute atomic E-state index is 0.0383. The summed E-state index contributed by atoms with van der Waals surface area (Å²) in [5.74, 6) is 0.193. The maximum atomic E-state index is 12.3. The molecular formula is C21H20ClN3O6. The number of nitro benzene ring substituents is 1. The number of likely N-dealkylation sites (N-methyl/N-ethyl adjacent to an activating group) is 1. The number of hydrogen-bond donors (Lipinski definition) is 1. The van der Waals surface area contributed by atoms with Crippen molar-refractivity contribution < 1.29 is 24.0 Å². The molecule has 0 spiro atoms. The van der Waals surface area contributed by atoms with E-state index in [1.165, 1.54) is 18.2 Å². The predicted molar refractivity (Wildman–Crippen MR) is 114 cm³/mol. The molecular weight excluding hydrogens is 426 g/mol. The number of carbonyl (C=O) groups excluding carboxylic acids is 2. The van der Waals surface area contributed by atoms with Crippen LogP contribution in [0.2, 0.25) is 5.02 Å². The third-order valence-corrected chi connectivity index (χ3v) is 4.71. The molecule has 1 heterocycles. The topological polar surface area (TPSA) is 111 Å². The smallest absolute Gasteiger partial charge is 0.328 e. The van der Waals surface area contributed by atoms with Crippen LogP contribution in [0.4, 0.5) is 10.5 Å². The van der Waals surface area contributed by atoms with Crippen molar-refractivity contribution in [2.24, 2.45) is 0 Å². The van der Waals surface area contributed by atoms with Crippen molar-refractivity contribution in [3.05, 3.63) is 68.4 Å². The molecule has 3 rings (SSSR count). The fourth-order valence-corrected chi connectivity index (χ4v) is 3.29. The molecule has 3 amide bonds. The van der Waals surface area contributed by atoms with E-state index in [1.54, 1.807) is 38.1 Å². The van der Waals surface area contributed by atoms with Gasteiger partial charge < -0.3 is 14.8 Å². The van der Waals surface area contributed by atoms with Crippen LogP contribution in [0.25, 0.3) is 6.08 Å². The van der Waals surface area contributed by atoms with E-state index in [1.807, 2.05) is 0 Å². The average molecular weight is 446 g/mol. The van der Waals surface area contributed by atoms with Crippen LogP contribution in [0.5, 0.6) is 11.5 Å². The number of hydrogen-bond acceptors (Lipinski definition) is 6. The van der Waals surface area contributed by atoms with Gasteiger partial charge in [0.05, 0.1) is 16.6 Å². The Bertz CT molecular complexity index is 1070. The highest BCUT2D eigenvalue weighted by Crippen LogP contribution is 2.38. The molecule has 0 bridgehead atoms. The molecule has 162 valence electrons. The zero-order valence-corrected chi connectivity index (χ0v) is 17.6. The van der Waals surface area contributed by atoms with Gasteiger partial charge in [-0.05, 0) is 43.2 Å². The van der Waals surface area contributed by atoms with Gasteiger partial charge in [-0.3, -0.25) is 19.8 Å². The number of non-ortho nitro benzene ring substituents is 1. The van der Waals surface area contributed by atoms with Gasteiger partial charge in [0.2, 0.25) is 0 Å². The zero-order chi connectivity index (χ0) is 22.5. The predicted octanol–water partition coefficient (Wildman–Crippen LogP) is 4.14. The fraction of sp³-hybridized carbons (Fsp3) is 0.238. The first kappa shape index (κ1) is 22.1. The van der Waals surface area contributed by atoms with Crippen molar-refractivity contribution in [2.75, 3.05) is 13.2 Å². The largest absolute Gasteiger partial charge is 0.490 e. The van der Waals surface area contributed by atoms with E-state index in [9.17, 15) is 19.7 Å². The number of nitro groups is 1. The first-order valence-corrected chi connectivity index (χ1v) is 9.88. The van der Waals surface area contributed by atoms with E-state index in [4.69, 9.17) is 21.1 Å². The first-order valence-electron chi connectivity index (χ1n) is 9.51. The summed E-state index contributed by atoms with van der Waals surface area (Å²) in [5, 5.41) is 13.7. The highest BCUT2D eigenvalue weighted by atomic mass is 35.5. The Morgan fingerprint density at radius 3 is 2.61 bits per heavy atom. The van der Waals surface area contributed by atoms with Crippen LogP contribution < -0.4 is 14.8 Å². The molecule has 2 aromatic carbocycles. The van der Waals surface area contributed by atoms with E-state index < -0.39 is 16.9 Å². The number of amides is 3. The summed E-state index contributed by atoms with van der Waals surface area (Å²) in [7, 11) is 0. The van der Waals surface area contributed by atoms with E-state index in [-0.39, 0.29) is 35.3 Å². The standard InChI is InChI=1S/C21H20ClN3O6/c1-3-24-20(26)17(23-21(24)27)10-14-9-16(22)19(18(11-14)30-4-2)31-12-13-6-5-7-15(8-13)25(28)29/h5-11H,3-4,12H2,1-2H3,(H,23,27)/b17-10+. The van der Waals surface area contributed by atoms with Gasteiger partial charge in [0.1, 0.15) is 12.3 Å². The summed E-state index contributed by atoms with van der Waals surface area (Å²) < 4.78 is 11.4. The van der Waals surface area contributed by atoms with E-state index in [2.05, 4.69) is 5.32 Å². The lowest BCUT2D eigenvalue weighted by Gasteiger charge is -2.15. The van der Waals surface area contributed by atoms with Gasteiger partial charge in [-0.2, -0.15) is 0 Å². The Morgan fingerprint density at radius 2 is 1.97 bits per heavy atom. The van der Waals surface area contributed by atoms with Gasteiger partial charge in [-0.1, -0.05) is 23.7 Å². The van der Waals surface area contributed by atoms with Crippen LogP contribution in [0.3, 0.4) is 0 Å². The molecule has 0 aliphatic carbocycles. The minimum atomic E-state index is -0.480. The van der Waals surface area contributed by atoms with Gasteiger partial charge in [0.15, 0.2) is 11.5 Å². The third kappa shape index (κ3) is 4.95. The van der Waals surface area contributed by atoms with Crippen molar-refractivity contribution in [1.82, 2.24) is 10.2 Å². The highest BCUT2D eigenvalue weighted by Gasteiger charge is 2.32. The monoisotopic (exact) mass is 445 g/mol. The van der Waals surface area contributed by atoms with Crippen molar-refractivity contribution in [1.29, 1.82) is 0 Å². The third-order valence-electron chi connectivity index (χ3n) is 4.43. The van der Waals surface area contributed by atoms with Gasteiger partial charge in [0, 0.05) is 18.7 Å². The second-order valence-corrected chi connectivity index (χ2v) is 6.92. The van der Waals surface area contributed by atoms with Crippen molar-refractivity contribution in [3.8, 4) is 11.5 Å². The van der Waals surface area contributed by atoms with Crippen molar-refractivity contribution in [2.45, 2.75) is 20.5 Å². The van der Waals surface area contributed by atoms with Crippen LogP contribution in [0.1, 0.15) is 25.0 Å². The molecule has 1 aliphatic rings. The molecule has 9 nitrogen and oxygen atoms in total. The zero-order valence-electron chi connectivity index (χ0n) is 16.9. The SMILES string of the molecule is CCOc1cc(/C=C2/NC(=O)N(CC)C2=O)cc(Cl)c1OCc1cccc([N+](=O)[O-])c1. The van der Waals surface area contributed by atoms with Gasteiger partial charge >= 0.3 is 6.03 Å². The first-order chi connectivity index (χ1) is 14.8. The van der Waals surface area contributed by atoms with E-state index in [0.717, 1.165) is 4.90 Å². The number of imide groups is 1. The molecule has 2 aromatic rings. The molecule has 0 aromatic heterocycles. The molecule has 1 saturated heterocycles. The summed E-state index contributed by atoms with van der Waals surface area (Å²) in [5.41, 5.74) is 1.23. The molecule has 1 aliphatic heterocycles. The van der Waals surface area contributed by atoms with Crippen LogP contribution in [0.15, 0.2) is 42.1 Å². The lowest BCUT2D eigenvalue weighted by Crippen LogP contribution is -2.30. The molecule has 0 unspecified atom stereocenters. The number of ether oxygens (including phenoxy) is 2. The molecule has 1 fully saturated rings. The number of rotatable bonds is 8. The summed E-state index contributed by atoms with van der Waals surface area (Å²) in [6.45, 7) is 4.14. The van der Waals surface area contributed by atoms with Gasteiger partial charge in [0.25, 0.3) is 11.6 Å². The lowest BCUT2D eigenvalue weighted by molar-refractivity contribution is -0.384. The number of nitrogens with zero attached hydrogens (tertiary/aromatic N) is 2. The van der Waals surface area contributed by atoms with Crippen LogP contribution in [-0.2, 0) is 11.4 Å². The number of carbonyl (C=O) groups is 2. The van der Waals surface area contributed by atoms with Gasteiger partial charge in [-0.15, -0.1) is 0 Å². The van der Waals surface area contributed by atoms with Crippen molar-refractivity contribution in [3.63, 3.8) is 0 Å². The van der Waals surface area contributed by atoms with Crippen LogP contribution in [-0.4, -0.2) is 34.9 Å². The highest BCUT2D eigenvalue weighted by molar-refractivity contribution is 6.32. The minimum Gasteiger partial charge on any atom is -0.490 e. The molecule has 0 atom stereocenters. The Labute approximate surface area is 183 Å². The number of benzene rings is 2. The van der Waals surface area contributed by atoms with Crippen molar-refractivity contribution >= 4 is 35.3 Å². The average Bonchev–Trinajstić information content (AvgIpc) is 3.00. The molecule has 31 heavy (non-hydrogen) atoms. The summed E-state index contributed by atoms with van der Waals surface area (Å²) in [4.78, 5) is 35.7. The molecule has 1 N–H and O–H groups in total. The van der Waals surface area contributed by atoms with Crippen LogP contribution >= 0.6 is 11.6 Å². The Hall–Kier alpha value is -3.59. The fourth-order valence-electron chi connectivity index (χ4n) is 3.02. The number of urea groups is 1. The maximum Gasteiger partial charge on any atom is 0.328 e. The summed E-state index contributed by atoms with van der Waals surface area (Å²) in [6, 6.07) is 8.82. The second kappa shape index (κ2) is 9.48. The molecule has 10 heteroatoms. The maximum absolute atomic E-state index is 12.3. The molecule has 0 radical (unpaired) electrons. The number of nitrogens with one attached hydrogen (secondary N) is 1. The van der Waals surface area contributed by atoms with E-state index in [0.29, 0.717) is 23.5 Å². The van der Waals surface area contributed by atoms with Crippen LogP contribution in [0, 0.1) is 10.1 Å². The second-order valence-electron chi connectivity index (χ2n) is 6.52. The van der Waals surface area contributed by atoms with Gasteiger partial charge in [-0.25, -0.2) is 4.79 Å². The van der Waals surface area contributed by atoms with E-state index >= 15 is 0 Å². The Kier molecular flexibility index (Phi) is 6.76. The Balaban J connectivity index is 1.86. The lowest BCUT2D eigenvalue weighted by atomic mass is 10.1. The molecule has 0 saturated carbocycles. The number of halogens is 1. The summed E-state index contributed by atoms with van der Waals surface area (Å²) >= 11 is 6.40.